The van der Waals surface area contributed by atoms with Crippen molar-refractivity contribution in [3.63, 3.8) is 0 Å². The van der Waals surface area contributed by atoms with Gasteiger partial charge in [-0.15, -0.1) is 0 Å². The third kappa shape index (κ3) is 5.09. The zero-order chi connectivity index (χ0) is 13.4. The Bertz CT molecular complexity index is 320. The molecule has 102 valence electrons. The van der Waals surface area contributed by atoms with Gasteiger partial charge in [0, 0.05) is 6.04 Å². The van der Waals surface area contributed by atoms with E-state index in [0.717, 1.165) is 31.6 Å². The van der Waals surface area contributed by atoms with Gasteiger partial charge in [-0.3, -0.25) is 0 Å². The van der Waals surface area contributed by atoms with E-state index in [9.17, 15) is 0 Å². The quantitative estimate of drug-likeness (QED) is 0.704. The van der Waals surface area contributed by atoms with Crippen LogP contribution in [0.4, 0.5) is 0 Å². The number of ether oxygens (including phenoxy) is 1. The average molecular weight is 249 g/mol. The molecule has 2 N–H and O–H groups in total. The third-order valence-corrected chi connectivity index (χ3v) is 3.57. The molecule has 1 aromatic carbocycles. The molecule has 0 saturated heterocycles. The molecule has 0 amide bonds. The Morgan fingerprint density at radius 2 is 1.78 bits per heavy atom. The van der Waals surface area contributed by atoms with E-state index in [1.165, 1.54) is 12.0 Å². The summed E-state index contributed by atoms with van der Waals surface area (Å²) < 4.78 is 5.71. The Kier molecular flexibility index (Phi) is 6.81. The van der Waals surface area contributed by atoms with Gasteiger partial charge >= 0.3 is 0 Å². The molecule has 2 nitrogen and oxygen atoms in total. The van der Waals surface area contributed by atoms with Crippen LogP contribution in [-0.2, 0) is 0 Å². The van der Waals surface area contributed by atoms with Crippen molar-refractivity contribution in [2.75, 3.05) is 6.61 Å². The van der Waals surface area contributed by atoms with Crippen molar-refractivity contribution in [3.05, 3.63) is 29.8 Å². The topological polar surface area (TPSA) is 35.2 Å². The lowest BCUT2D eigenvalue weighted by Gasteiger charge is -2.12. The lowest BCUT2D eigenvalue weighted by atomic mass is 9.99. The van der Waals surface area contributed by atoms with Gasteiger partial charge in [0.2, 0.25) is 0 Å². The Morgan fingerprint density at radius 3 is 2.33 bits per heavy atom. The van der Waals surface area contributed by atoms with Gasteiger partial charge in [0.1, 0.15) is 5.75 Å². The van der Waals surface area contributed by atoms with Crippen LogP contribution in [-0.4, -0.2) is 12.6 Å². The SMILES string of the molecule is CCC(N)CCCOc1ccc(C(C)CC)cc1. The first kappa shape index (κ1) is 15.0. The van der Waals surface area contributed by atoms with E-state index >= 15 is 0 Å². The number of benzene rings is 1. The molecule has 0 aliphatic heterocycles. The highest BCUT2D eigenvalue weighted by molar-refractivity contribution is 5.29. The summed E-state index contributed by atoms with van der Waals surface area (Å²) in [5, 5.41) is 0. The van der Waals surface area contributed by atoms with Crippen molar-refractivity contribution in [1.29, 1.82) is 0 Å². The summed E-state index contributed by atoms with van der Waals surface area (Å²) in [7, 11) is 0. The molecule has 0 aliphatic rings. The normalized spacial score (nSPS) is 14.2. The minimum atomic E-state index is 0.321. The van der Waals surface area contributed by atoms with Gasteiger partial charge in [-0.1, -0.05) is 32.9 Å². The van der Waals surface area contributed by atoms with Crippen LogP contribution in [0.5, 0.6) is 5.75 Å². The lowest BCUT2D eigenvalue weighted by molar-refractivity contribution is 0.300. The predicted octanol–water partition coefficient (Wildman–Crippen LogP) is 4.10. The highest BCUT2D eigenvalue weighted by atomic mass is 16.5. The van der Waals surface area contributed by atoms with Gasteiger partial charge in [-0.25, -0.2) is 0 Å². The zero-order valence-corrected chi connectivity index (χ0v) is 12.0. The smallest absolute Gasteiger partial charge is 0.119 e. The van der Waals surface area contributed by atoms with Crippen LogP contribution in [0, 0.1) is 0 Å². The summed E-state index contributed by atoms with van der Waals surface area (Å²) in [6, 6.07) is 8.80. The minimum absolute atomic E-state index is 0.321. The van der Waals surface area contributed by atoms with Gasteiger partial charge in [-0.05, 0) is 49.3 Å². The van der Waals surface area contributed by atoms with Gasteiger partial charge in [-0.2, -0.15) is 0 Å². The molecule has 0 bridgehead atoms. The van der Waals surface area contributed by atoms with Crippen molar-refractivity contribution in [2.24, 2.45) is 5.73 Å². The fraction of sp³-hybridized carbons (Fsp3) is 0.625. The Labute approximate surface area is 112 Å². The van der Waals surface area contributed by atoms with Crippen molar-refractivity contribution < 1.29 is 4.74 Å². The molecule has 0 heterocycles. The number of rotatable bonds is 8. The van der Waals surface area contributed by atoms with Gasteiger partial charge in [0.25, 0.3) is 0 Å². The molecule has 18 heavy (non-hydrogen) atoms. The summed E-state index contributed by atoms with van der Waals surface area (Å²) in [4.78, 5) is 0. The van der Waals surface area contributed by atoms with Crippen LogP contribution in [0.25, 0.3) is 0 Å². The maximum absolute atomic E-state index is 5.87. The van der Waals surface area contributed by atoms with E-state index in [-0.39, 0.29) is 0 Å². The van der Waals surface area contributed by atoms with E-state index < -0.39 is 0 Å². The second-order valence-electron chi connectivity index (χ2n) is 5.04. The molecule has 0 radical (unpaired) electrons. The fourth-order valence-electron chi connectivity index (χ4n) is 1.87. The highest BCUT2D eigenvalue weighted by Crippen LogP contribution is 2.21. The second-order valence-corrected chi connectivity index (χ2v) is 5.04. The van der Waals surface area contributed by atoms with E-state index in [1.54, 1.807) is 0 Å². The van der Waals surface area contributed by atoms with Crippen LogP contribution in [0.15, 0.2) is 24.3 Å². The van der Waals surface area contributed by atoms with Gasteiger partial charge in [0.05, 0.1) is 6.61 Å². The molecule has 0 aliphatic carbocycles. The standard InChI is InChI=1S/C16H27NO/c1-4-13(3)14-8-10-16(11-9-14)18-12-6-7-15(17)5-2/h8-11,13,15H,4-7,12,17H2,1-3H3. The van der Waals surface area contributed by atoms with E-state index in [4.69, 9.17) is 10.5 Å². The summed E-state index contributed by atoms with van der Waals surface area (Å²) in [6.07, 6.45) is 4.29. The molecule has 0 spiro atoms. The molecule has 1 aromatic rings. The van der Waals surface area contributed by atoms with Crippen LogP contribution in [0.1, 0.15) is 57.9 Å². The molecule has 0 aromatic heterocycles. The fourth-order valence-corrected chi connectivity index (χ4v) is 1.87. The Morgan fingerprint density at radius 1 is 1.11 bits per heavy atom. The summed E-state index contributed by atoms with van der Waals surface area (Å²) in [5.74, 6) is 1.59. The number of hydrogen-bond donors (Lipinski definition) is 1. The molecule has 2 heteroatoms. The first-order chi connectivity index (χ1) is 8.67. The first-order valence-electron chi connectivity index (χ1n) is 7.15. The van der Waals surface area contributed by atoms with Crippen molar-refractivity contribution in [1.82, 2.24) is 0 Å². The maximum Gasteiger partial charge on any atom is 0.119 e. The maximum atomic E-state index is 5.87. The van der Waals surface area contributed by atoms with Crippen molar-refractivity contribution >= 4 is 0 Å². The molecule has 2 unspecified atom stereocenters. The highest BCUT2D eigenvalue weighted by Gasteiger charge is 2.03. The summed E-state index contributed by atoms with van der Waals surface area (Å²) >= 11 is 0. The van der Waals surface area contributed by atoms with E-state index in [2.05, 4.69) is 45.0 Å². The van der Waals surface area contributed by atoms with Crippen LogP contribution >= 0.6 is 0 Å². The van der Waals surface area contributed by atoms with Crippen molar-refractivity contribution in [3.8, 4) is 5.75 Å². The molecular formula is C16H27NO. The summed E-state index contributed by atoms with van der Waals surface area (Å²) in [6.45, 7) is 7.35. The van der Waals surface area contributed by atoms with Gasteiger partial charge < -0.3 is 10.5 Å². The Balaban J connectivity index is 2.31. The van der Waals surface area contributed by atoms with Crippen LogP contribution in [0.2, 0.25) is 0 Å². The minimum Gasteiger partial charge on any atom is -0.494 e. The van der Waals surface area contributed by atoms with Gasteiger partial charge in [0.15, 0.2) is 0 Å². The zero-order valence-electron chi connectivity index (χ0n) is 12.0. The monoisotopic (exact) mass is 249 g/mol. The second kappa shape index (κ2) is 8.15. The van der Waals surface area contributed by atoms with Crippen molar-refractivity contribution in [2.45, 2.75) is 58.4 Å². The summed E-state index contributed by atoms with van der Waals surface area (Å²) in [5.41, 5.74) is 7.25. The largest absolute Gasteiger partial charge is 0.494 e. The molecular weight excluding hydrogens is 222 g/mol. The van der Waals surface area contributed by atoms with E-state index in [1.807, 2.05) is 0 Å². The number of hydrogen-bond acceptors (Lipinski definition) is 2. The number of nitrogens with two attached hydrogens (primary N) is 1. The molecule has 2 atom stereocenters. The average Bonchev–Trinajstić information content (AvgIpc) is 2.43. The lowest BCUT2D eigenvalue weighted by Crippen LogP contribution is -2.19. The molecule has 1 rings (SSSR count). The van der Waals surface area contributed by atoms with Crippen LogP contribution in [0.3, 0.4) is 0 Å². The van der Waals surface area contributed by atoms with E-state index in [0.29, 0.717) is 12.0 Å². The predicted molar refractivity (Wildman–Crippen MR) is 78.1 cm³/mol. The molecule has 0 saturated carbocycles. The molecule has 0 fully saturated rings. The first-order valence-corrected chi connectivity index (χ1v) is 7.15. The van der Waals surface area contributed by atoms with Crippen LogP contribution < -0.4 is 10.5 Å². The Hall–Kier alpha value is -1.02. The third-order valence-electron chi connectivity index (χ3n) is 3.57.